The van der Waals surface area contributed by atoms with Crippen molar-refractivity contribution < 1.29 is 40.1 Å². The van der Waals surface area contributed by atoms with E-state index >= 15 is 0 Å². The lowest BCUT2D eigenvalue weighted by molar-refractivity contribution is -0.328. The fourth-order valence-electron chi connectivity index (χ4n) is 11.2. The van der Waals surface area contributed by atoms with Crippen LogP contribution >= 0.6 is 0 Å². The Balaban J connectivity index is 1.28. The number of hydrogen-bond donors (Lipinski definition) is 6. The molecule has 4 aliphatic carbocycles. The van der Waals surface area contributed by atoms with Gasteiger partial charge in [0.05, 0.1) is 24.4 Å². The van der Waals surface area contributed by atoms with E-state index in [1.54, 1.807) is 0 Å². The van der Waals surface area contributed by atoms with Gasteiger partial charge in [-0.05, 0) is 112 Å². The Morgan fingerprint density at radius 1 is 0.977 bits per heavy atom. The van der Waals surface area contributed by atoms with E-state index in [1.807, 2.05) is 0 Å². The average Bonchev–Trinajstić information content (AvgIpc) is 3.32. The minimum Gasteiger partial charge on any atom is -0.394 e. The zero-order chi connectivity index (χ0) is 31.5. The molecule has 0 spiro atoms. The minimum absolute atomic E-state index is 0.214. The second-order valence-electron chi connectivity index (χ2n) is 15.9. The maximum atomic E-state index is 12.3. The number of fused-ring (bicyclic) bond motifs is 5. The second kappa shape index (κ2) is 12.6. The van der Waals surface area contributed by atoms with Gasteiger partial charge in [-0.3, -0.25) is 0 Å². The maximum Gasteiger partial charge on any atom is 0.186 e. The first-order valence-electron chi connectivity index (χ1n) is 17.2. The minimum atomic E-state index is -1.51. The van der Waals surface area contributed by atoms with Crippen molar-refractivity contribution in [3.05, 3.63) is 12.2 Å². The Morgan fingerprint density at radius 2 is 1.70 bits per heavy atom. The van der Waals surface area contributed by atoms with E-state index < -0.39 is 60.5 Å². The van der Waals surface area contributed by atoms with Crippen molar-refractivity contribution >= 4 is 0 Å². The van der Waals surface area contributed by atoms with Gasteiger partial charge >= 0.3 is 0 Å². The number of allylic oxidation sites excluding steroid dienone is 1. The van der Waals surface area contributed by atoms with Crippen molar-refractivity contribution in [2.45, 2.75) is 154 Å². The molecule has 1 heterocycles. The third-order valence-electron chi connectivity index (χ3n) is 13.9. The lowest BCUT2D eigenvalue weighted by Crippen LogP contribution is -2.69. The average molecular weight is 609 g/mol. The summed E-state index contributed by atoms with van der Waals surface area (Å²) in [4.78, 5) is 0. The molecule has 6 N–H and O–H groups in total. The molecule has 0 radical (unpaired) electrons. The summed E-state index contributed by atoms with van der Waals surface area (Å²) < 4.78 is 11.7. The topological polar surface area (TPSA) is 140 Å². The van der Waals surface area contributed by atoms with Crippen molar-refractivity contribution in [3.63, 3.8) is 0 Å². The van der Waals surface area contributed by atoms with Gasteiger partial charge in [0, 0.05) is 11.8 Å². The summed E-state index contributed by atoms with van der Waals surface area (Å²) >= 11 is 0. The summed E-state index contributed by atoms with van der Waals surface area (Å²) in [7, 11) is 0. The van der Waals surface area contributed by atoms with Gasteiger partial charge in [0.1, 0.15) is 24.4 Å². The van der Waals surface area contributed by atoms with Crippen LogP contribution in [0.4, 0.5) is 0 Å². The van der Waals surface area contributed by atoms with E-state index in [2.05, 4.69) is 41.2 Å². The molecule has 5 fully saturated rings. The van der Waals surface area contributed by atoms with Gasteiger partial charge < -0.3 is 40.1 Å². The van der Waals surface area contributed by atoms with E-state index in [4.69, 9.17) is 9.47 Å². The van der Waals surface area contributed by atoms with Gasteiger partial charge in [-0.25, -0.2) is 0 Å². The van der Waals surface area contributed by atoms with Crippen LogP contribution in [0.3, 0.4) is 0 Å². The Kier molecular flexibility index (Phi) is 9.86. The molecule has 0 unspecified atom stereocenters. The van der Waals surface area contributed by atoms with Crippen molar-refractivity contribution in [3.8, 4) is 0 Å². The first kappa shape index (κ1) is 33.8. The Morgan fingerprint density at radius 3 is 2.35 bits per heavy atom. The summed E-state index contributed by atoms with van der Waals surface area (Å²) in [5, 5.41) is 64.4. The normalized spacial score (nSPS) is 51.2. The Labute approximate surface area is 258 Å². The van der Waals surface area contributed by atoms with Crippen LogP contribution in [0.15, 0.2) is 12.2 Å². The largest absolute Gasteiger partial charge is 0.394 e. The molecule has 4 saturated carbocycles. The molecule has 0 amide bonds. The first-order valence-corrected chi connectivity index (χ1v) is 17.2. The van der Waals surface area contributed by atoms with Crippen LogP contribution in [0.2, 0.25) is 0 Å². The van der Waals surface area contributed by atoms with Crippen molar-refractivity contribution in [2.24, 2.45) is 46.3 Å². The molecule has 43 heavy (non-hydrogen) atoms. The molecular formula is C35H60O8. The van der Waals surface area contributed by atoms with Crippen LogP contribution in [-0.4, -0.2) is 85.8 Å². The highest BCUT2D eigenvalue weighted by Crippen LogP contribution is 2.69. The Bertz CT molecular complexity index is 989. The number of hydrogen-bond acceptors (Lipinski definition) is 8. The highest BCUT2D eigenvalue weighted by Gasteiger charge is 2.68. The molecule has 0 aromatic carbocycles. The van der Waals surface area contributed by atoms with Crippen LogP contribution in [0.5, 0.6) is 0 Å². The summed E-state index contributed by atoms with van der Waals surface area (Å²) in [5.41, 5.74) is -0.218. The molecule has 248 valence electrons. The quantitative estimate of drug-likeness (QED) is 0.171. The molecule has 5 rings (SSSR count). The highest BCUT2D eigenvalue weighted by molar-refractivity contribution is 5.17. The number of aliphatic hydroxyl groups is 6. The van der Waals surface area contributed by atoms with E-state index in [0.717, 1.165) is 19.3 Å². The van der Waals surface area contributed by atoms with Gasteiger partial charge in [-0.2, -0.15) is 0 Å². The standard InChI is InChI=1S/C35H60O8/c1-7-21(19(2)3)9-8-20(4)24-10-11-25-23-16-28(37)35(41)17-22(12-15-34(35,6)26(23)13-14-33(24,25)5)42-32-31(40)30(39)29(38)27(18-36)43-32/h20-32,36-41H,2,7-18H2,1,3-6H3/t20-,21-,22+,23+,24-,25+,26+,27-,28-,29-,30+,31-,32-,33-,34-,35+/m1/s1. The fraction of sp³-hybridized carbons (Fsp3) is 0.943. The number of ether oxygens (including phenoxy) is 2. The molecule has 8 nitrogen and oxygen atoms in total. The van der Waals surface area contributed by atoms with E-state index in [-0.39, 0.29) is 11.8 Å². The Hall–Kier alpha value is -0.580. The van der Waals surface area contributed by atoms with Crippen molar-refractivity contribution in [2.75, 3.05) is 6.61 Å². The molecule has 1 aliphatic heterocycles. The highest BCUT2D eigenvalue weighted by atomic mass is 16.7. The van der Waals surface area contributed by atoms with Gasteiger partial charge in [0.2, 0.25) is 0 Å². The molecule has 1 saturated heterocycles. The number of aliphatic hydroxyl groups excluding tert-OH is 5. The van der Waals surface area contributed by atoms with Crippen molar-refractivity contribution in [1.82, 2.24) is 0 Å². The molecule has 16 atom stereocenters. The van der Waals surface area contributed by atoms with Crippen LogP contribution in [0.25, 0.3) is 0 Å². The fourth-order valence-corrected chi connectivity index (χ4v) is 11.2. The zero-order valence-corrected chi connectivity index (χ0v) is 27.2. The third-order valence-corrected chi connectivity index (χ3v) is 13.9. The van der Waals surface area contributed by atoms with Crippen LogP contribution in [-0.2, 0) is 9.47 Å². The molecular weight excluding hydrogens is 548 g/mol. The van der Waals surface area contributed by atoms with Gasteiger partial charge in [0.25, 0.3) is 0 Å². The van der Waals surface area contributed by atoms with Gasteiger partial charge in [-0.1, -0.05) is 39.8 Å². The van der Waals surface area contributed by atoms with Gasteiger partial charge in [0.15, 0.2) is 6.29 Å². The SMILES string of the molecule is C=C(C)[C@H](CC)CC[C@@H](C)[C@H]1CC[C@H]2[C@@H]3C[C@@H](O)[C@@]4(O)C[C@@H](O[C@@H]5O[C@H](CO)[C@@H](O)[C@H](O)[C@H]5O)CC[C@]4(C)[C@H]3CC[C@]12C. The van der Waals surface area contributed by atoms with Crippen LogP contribution in [0, 0.1) is 46.3 Å². The smallest absolute Gasteiger partial charge is 0.186 e. The summed E-state index contributed by atoms with van der Waals surface area (Å²) in [6.45, 7) is 15.3. The third kappa shape index (κ3) is 5.58. The van der Waals surface area contributed by atoms with Crippen LogP contribution in [0.1, 0.15) is 105 Å². The van der Waals surface area contributed by atoms with Gasteiger partial charge in [-0.15, -0.1) is 0 Å². The predicted octanol–water partition coefficient (Wildman–Crippen LogP) is 3.93. The monoisotopic (exact) mass is 608 g/mol. The van der Waals surface area contributed by atoms with E-state index in [9.17, 15) is 30.6 Å². The maximum absolute atomic E-state index is 12.3. The van der Waals surface area contributed by atoms with E-state index in [0.29, 0.717) is 54.8 Å². The zero-order valence-electron chi connectivity index (χ0n) is 27.2. The lowest BCUT2D eigenvalue weighted by Gasteiger charge is -2.65. The molecule has 0 aromatic rings. The summed E-state index contributed by atoms with van der Waals surface area (Å²) in [6, 6.07) is 0. The summed E-state index contributed by atoms with van der Waals surface area (Å²) in [5.74, 6) is 3.23. The molecule has 0 aromatic heterocycles. The first-order chi connectivity index (χ1) is 20.2. The summed E-state index contributed by atoms with van der Waals surface area (Å²) in [6.07, 6.45) is 2.32. The molecule has 8 heteroatoms. The predicted molar refractivity (Wildman–Crippen MR) is 164 cm³/mol. The second-order valence-corrected chi connectivity index (χ2v) is 15.9. The van der Waals surface area contributed by atoms with Crippen molar-refractivity contribution in [1.29, 1.82) is 0 Å². The van der Waals surface area contributed by atoms with Crippen LogP contribution < -0.4 is 0 Å². The molecule has 5 aliphatic rings. The van der Waals surface area contributed by atoms with E-state index in [1.165, 1.54) is 31.3 Å². The molecule has 0 bridgehead atoms. The number of rotatable bonds is 9. The lowest BCUT2D eigenvalue weighted by atomic mass is 9.42.